The summed E-state index contributed by atoms with van der Waals surface area (Å²) < 4.78 is 1.40. The Bertz CT molecular complexity index is 1080. The number of nitrogens with zero attached hydrogens (tertiary/aromatic N) is 2. The van der Waals surface area contributed by atoms with E-state index in [0.29, 0.717) is 27.0 Å². The molecule has 0 saturated carbocycles. The maximum Gasteiger partial charge on any atom is 0.282 e. The van der Waals surface area contributed by atoms with Crippen molar-refractivity contribution in [1.29, 1.82) is 0 Å². The van der Waals surface area contributed by atoms with Crippen LogP contribution in [0.25, 0.3) is 28.1 Å². The fourth-order valence-electron chi connectivity index (χ4n) is 2.89. The molecule has 0 saturated heterocycles. The Labute approximate surface area is 166 Å². The number of hydrogen-bond acceptors (Lipinski definition) is 2. The number of rotatable bonds is 2. The molecule has 26 heavy (non-hydrogen) atoms. The Morgan fingerprint density at radius 2 is 1.54 bits per heavy atom. The summed E-state index contributed by atoms with van der Waals surface area (Å²) in [6.07, 6.45) is 1.70. The SMILES string of the molecule is Cc1[nH]cc2c(=O)n(-c3ccc(Cl)cc3)nc-2c1-c1ccc(Cl)cc1.Cl. The van der Waals surface area contributed by atoms with E-state index in [9.17, 15) is 4.79 Å². The van der Waals surface area contributed by atoms with Gasteiger partial charge in [-0.3, -0.25) is 4.79 Å². The third-order valence-electron chi connectivity index (χ3n) is 4.13. The molecule has 0 aliphatic carbocycles. The summed E-state index contributed by atoms with van der Waals surface area (Å²) in [5, 5.41) is 5.85. The lowest BCUT2D eigenvalue weighted by atomic mass is 9.99. The van der Waals surface area contributed by atoms with Crippen LogP contribution in [0.5, 0.6) is 0 Å². The quantitative estimate of drug-likeness (QED) is 0.486. The lowest BCUT2D eigenvalue weighted by molar-refractivity contribution is 0.858. The third kappa shape index (κ3) is 3.12. The summed E-state index contributed by atoms with van der Waals surface area (Å²) in [5.41, 5.74) is 4.44. The van der Waals surface area contributed by atoms with Crippen LogP contribution in [0.2, 0.25) is 10.0 Å². The number of H-pyrrole nitrogens is 1. The molecule has 0 fully saturated rings. The van der Waals surface area contributed by atoms with Crippen molar-refractivity contribution in [3.05, 3.63) is 80.8 Å². The van der Waals surface area contributed by atoms with Crippen molar-refractivity contribution in [1.82, 2.24) is 14.8 Å². The van der Waals surface area contributed by atoms with Crippen molar-refractivity contribution in [2.45, 2.75) is 6.92 Å². The van der Waals surface area contributed by atoms with Crippen molar-refractivity contribution >= 4 is 35.6 Å². The van der Waals surface area contributed by atoms with Crippen LogP contribution in [0.3, 0.4) is 0 Å². The molecule has 4 nitrogen and oxygen atoms in total. The van der Waals surface area contributed by atoms with E-state index in [1.165, 1.54) is 4.68 Å². The molecule has 2 aliphatic heterocycles. The number of pyridine rings is 1. The van der Waals surface area contributed by atoms with E-state index in [0.717, 1.165) is 16.8 Å². The molecule has 2 aromatic rings. The highest BCUT2D eigenvalue weighted by Crippen LogP contribution is 2.33. The highest BCUT2D eigenvalue weighted by Gasteiger charge is 2.22. The van der Waals surface area contributed by atoms with Gasteiger partial charge in [-0.15, -0.1) is 12.4 Å². The molecule has 0 bridgehead atoms. The minimum atomic E-state index is -0.177. The van der Waals surface area contributed by atoms with Gasteiger partial charge in [-0.25, -0.2) is 0 Å². The van der Waals surface area contributed by atoms with Crippen molar-refractivity contribution in [3.63, 3.8) is 0 Å². The van der Waals surface area contributed by atoms with E-state index >= 15 is 0 Å². The van der Waals surface area contributed by atoms with Gasteiger partial charge < -0.3 is 4.98 Å². The fraction of sp³-hybridized carbons (Fsp3) is 0.0526. The number of aromatic nitrogens is 3. The molecule has 0 radical (unpaired) electrons. The molecule has 2 heterocycles. The maximum absolute atomic E-state index is 12.8. The van der Waals surface area contributed by atoms with Gasteiger partial charge in [0.05, 0.1) is 11.3 Å². The summed E-state index contributed by atoms with van der Waals surface area (Å²) >= 11 is 11.9. The van der Waals surface area contributed by atoms with E-state index in [4.69, 9.17) is 23.2 Å². The van der Waals surface area contributed by atoms with E-state index < -0.39 is 0 Å². The smallest absolute Gasteiger partial charge is 0.282 e. The molecule has 0 unspecified atom stereocenters. The van der Waals surface area contributed by atoms with Gasteiger partial charge in [-0.05, 0) is 48.9 Å². The van der Waals surface area contributed by atoms with E-state index in [-0.39, 0.29) is 18.0 Å². The molecular weight excluding hydrogens is 393 g/mol. The molecule has 7 heteroatoms. The molecule has 4 rings (SSSR count). The first-order chi connectivity index (χ1) is 12.0. The first kappa shape index (κ1) is 18.5. The lowest BCUT2D eigenvalue weighted by Crippen LogP contribution is -2.14. The molecule has 0 atom stereocenters. The summed E-state index contributed by atoms with van der Waals surface area (Å²) in [6, 6.07) is 14.5. The van der Waals surface area contributed by atoms with Crippen molar-refractivity contribution < 1.29 is 0 Å². The summed E-state index contributed by atoms with van der Waals surface area (Å²) in [5.74, 6) is 0. The minimum Gasteiger partial charge on any atom is -0.364 e. The van der Waals surface area contributed by atoms with Gasteiger partial charge in [-0.2, -0.15) is 9.78 Å². The lowest BCUT2D eigenvalue weighted by Gasteiger charge is -2.10. The molecular formula is C19H14Cl3N3O. The van der Waals surface area contributed by atoms with Crippen LogP contribution < -0.4 is 5.56 Å². The van der Waals surface area contributed by atoms with Gasteiger partial charge >= 0.3 is 0 Å². The first-order valence-electron chi connectivity index (χ1n) is 7.67. The zero-order valence-electron chi connectivity index (χ0n) is 13.7. The van der Waals surface area contributed by atoms with Crippen molar-refractivity contribution in [3.8, 4) is 28.1 Å². The molecule has 2 aromatic carbocycles. The Morgan fingerprint density at radius 3 is 2.15 bits per heavy atom. The monoisotopic (exact) mass is 405 g/mol. The molecule has 1 N–H and O–H groups in total. The molecule has 0 spiro atoms. The van der Waals surface area contributed by atoms with E-state index in [2.05, 4.69) is 10.1 Å². The number of fused-ring (bicyclic) bond motifs is 1. The Morgan fingerprint density at radius 1 is 0.962 bits per heavy atom. The van der Waals surface area contributed by atoms with E-state index in [1.807, 2.05) is 31.2 Å². The van der Waals surface area contributed by atoms with Gasteiger partial charge in [0, 0.05) is 27.5 Å². The van der Waals surface area contributed by atoms with Crippen LogP contribution in [0.4, 0.5) is 0 Å². The molecule has 132 valence electrons. The average Bonchev–Trinajstić information content (AvgIpc) is 2.93. The molecule has 2 aliphatic rings. The highest BCUT2D eigenvalue weighted by atomic mass is 35.5. The number of aromatic amines is 1. The van der Waals surface area contributed by atoms with Crippen LogP contribution in [0, 0.1) is 6.92 Å². The number of benzene rings is 2. The number of nitrogens with one attached hydrogen (secondary N) is 1. The minimum absolute atomic E-state index is 0. The number of hydrogen-bond donors (Lipinski definition) is 1. The Hall–Kier alpha value is -2.27. The largest absolute Gasteiger partial charge is 0.364 e. The number of halogens is 3. The highest BCUT2D eigenvalue weighted by molar-refractivity contribution is 6.30. The summed E-state index contributed by atoms with van der Waals surface area (Å²) in [7, 11) is 0. The first-order valence-corrected chi connectivity index (χ1v) is 8.43. The Kier molecular flexibility index (Phi) is 5.10. The molecule has 0 amide bonds. The van der Waals surface area contributed by atoms with Gasteiger partial charge in [0.1, 0.15) is 5.69 Å². The second-order valence-corrected chi connectivity index (χ2v) is 6.62. The normalized spacial score (nSPS) is 10.7. The standard InChI is InChI=1S/C19H13Cl2N3O.ClH/c1-11-17(12-2-4-13(20)5-3-12)18-16(10-22-11)19(25)24(23-18)15-8-6-14(21)7-9-15;/h2-10,22H,1H3;1H. The zero-order chi connectivity index (χ0) is 17.6. The topological polar surface area (TPSA) is 50.7 Å². The predicted octanol–water partition coefficient (Wildman–Crippen LogP) is 5.37. The van der Waals surface area contributed by atoms with Gasteiger partial charge in [0.2, 0.25) is 0 Å². The van der Waals surface area contributed by atoms with Gasteiger partial charge in [0.15, 0.2) is 0 Å². The summed E-state index contributed by atoms with van der Waals surface area (Å²) in [4.78, 5) is 16.0. The van der Waals surface area contributed by atoms with Crippen molar-refractivity contribution in [2.24, 2.45) is 0 Å². The average molecular weight is 407 g/mol. The van der Waals surface area contributed by atoms with Crippen LogP contribution in [-0.2, 0) is 0 Å². The third-order valence-corrected chi connectivity index (χ3v) is 4.63. The molecule has 0 aromatic heterocycles. The van der Waals surface area contributed by atoms with Crippen LogP contribution >= 0.6 is 35.6 Å². The van der Waals surface area contributed by atoms with Gasteiger partial charge in [0.25, 0.3) is 5.56 Å². The number of aryl methyl sites for hydroxylation is 1. The van der Waals surface area contributed by atoms with Crippen LogP contribution in [0.15, 0.2) is 59.5 Å². The zero-order valence-corrected chi connectivity index (χ0v) is 16.0. The maximum atomic E-state index is 12.8. The summed E-state index contributed by atoms with van der Waals surface area (Å²) in [6.45, 7) is 1.95. The van der Waals surface area contributed by atoms with Crippen molar-refractivity contribution in [2.75, 3.05) is 0 Å². The fourth-order valence-corrected chi connectivity index (χ4v) is 3.14. The van der Waals surface area contributed by atoms with E-state index in [1.54, 1.807) is 30.5 Å². The van der Waals surface area contributed by atoms with Crippen LogP contribution in [-0.4, -0.2) is 14.8 Å². The second kappa shape index (κ2) is 7.16. The second-order valence-electron chi connectivity index (χ2n) is 5.75. The van der Waals surface area contributed by atoms with Crippen LogP contribution in [0.1, 0.15) is 5.69 Å². The Balaban J connectivity index is 0.00000196. The predicted molar refractivity (Wildman–Crippen MR) is 108 cm³/mol. The van der Waals surface area contributed by atoms with Gasteiger partial charge in [-0.1, -0.05) is 35.3 Å².